The summed E-state index contributed by atoms with van der Waals surface area (Å²) in [6.07, 6.45) is 15.3. The van der Waals surface area contributed by atoms with Gasteiger partial charge in [0, 0.05) is 18.9 Å². The molecule has 1 aromatic rings. The van der Waals surface area contributed by atoms with Crippen molar-refractivity contribution < 1.29 is 9.53 Å². The van der Waals surface area contributed by atoms with Gasteiger partial charge in [0.2, 0.25) is 0 Å². The molecule has 0 atom stereocenters. The van der Waals surface area contributed by atoms with E-state index >= 15 is 0 Å². The third kappa shape index (κ3) is 6.95. The number of ether oxygens (including phenoxy) is 1. The van der Waals surface area contributed by atoms with Crippen molar-refractivity contribution in [3.05, 3.63) is 48.0 Å². The van der Waals surface area contributed by atoms with E-state index in [-0.39, 0.29) is 5.97 Å². The first kappa shape index (κ1) is 20.7. The van der Waals surface area contributed by atoms with E-state index in [0.29, 0.717) is 0 Å². The van der Waals surface area contributed by atoms with Gasteiger partial charge in [-0.1, -0.05) is 81.9 Å². The van der Waals surface area contributed by atoms with Crippen molar-refractivity contribution in [2.24, 2.45) is 0 Å². The van der Waals surface area contributed by atoms with Gasteiger partial charge in [-0.2, -0.15) is 0 Å². The Bertz CT molecular complexity index is 532. The van der Waals surface area contributed by atoms with Crippen LogP contribution in [-0.4, -0.2) is 19.1 Å². The predicted octanol–water partition coefficient (Wildman–Crippen LogP) is 5.51. The van der Waals surface area contributed by atoms with Crippen molar-refractivity contribution in [1.29, 1.82) is 0 Å². The highest BCUT2D eigenvalue weighted by Gasteiger charge is 2.37. The molecule has 3 heteroatoms. The lowest BCUT2D eigenvalue weighted by Crippen LogP contribution is -2.42. The number of nitrogens with one attached hydrogen (secondary N) is 1. The van der Waals surface area contributed by atoms with Crippen LogP contribution in [0.15, 0.2) is 42.5 Å². The molecule has 1 aromatic carbocycles. The van der Waals surface area contributed by atoms with E-state index < -0.39 is 5.60 Å². The topological polar surface area (TPSA) is 38.3 Å². The Hall–Kier alpha value is -1.61. The molecule has 0 aliphatic carbocycles. The van der Waals surface area contributed by atoms with Crippen molar-refractivity contribution in [2.75, 3.05) is 13.1 Å². The average molecular weight is 358 g/mol. The number of carbonyl (C=O) groups is 1. The van der Waals surface area contributed by atoms with Crippen LogP contribution in [0.2, 0.25) is 0 Å². The number of rotatable bonds is 11. The summed E-state index contributed by atoms with van der Waals surface area (Å²) in [5.41, 5.74) is 0.628. The summed E-state index contributed by atoms with van der Waals surface area (Å²) >= 11 is 0. The summed E-state index contributed by atoms with van der Waals surface area (Å²) in [6, 6.07) is 10.2. The summed E-state index contributed by atoms with van der Waals surface area (Å²) in [6.45, 7) is 4.00. The van der Waals surface area contributed by atoms with Crippen molar-refractivity contribution >= 4 is 5.97 Å². The number of esters is 1. The number of carbonyl (C=O) groups excluding carboxylic acids is 1. The summed E-state index contributed by atoms with van der Waals surface area (Å²) < 4.78 is 5.97. The number of hydrogen-bond donors (Lipinski definition) is 1. The van der Waals surface area contributed by atoms with Gasteiger partial charge in [0.25, 0.3) is 0 Å². The van der Waals surface area contributed by atoms with Crippen LogP contribution in [0.1, 0.15) is 76.7 Å². The molecule has 0 aromatic heterocycles. The maximum atomic E-state index is 12.4. The largest absolute Gasteiger partial charge is 0.451 e. The monoisotopic (exact) mass is 357 g/mol. The van der Waals surface area contributed by atoms with Crippen LogP contribution >= 0.6 is 0 Å². The number of unbranched alkanes of at least 4 members (excludes halogenated alkanes) is 7. The zero-order valence-corrected chi connectivity index (χ0v) is 16.3. The lowest BCUT2D eigenvalue weighted by Gasteiger charge is -2.37. The summed E-state index contributed by atoms with van der Waals surface area (Å²) in [5.74, 6) is -0.210. The fourth-order valence-corrected chi connectivity index (χ4v) is 3.65. The van der Waals surface area contributed by atoms with Gasteiger partial charge < -0.3 is 10.1 Å². The lowest BCUT2D eigenvalue weighted by atomic mass is 9.85. The van der Waals surface area contributed by atoms with Crippen molar-refractivity contribution in [1.82, 2.24) is 5.32 Å². The maximum Gasteiger partial charge on any atom is 0.331 e. The van der Waals surface area contributed by atoms with E-state index in [1.54, 1.807) is 6.08 Å². The Morgan fingerprint density at radius 3 is 2.38 bits per heavy atom. The zero-order valence-electron chi connectivity index (χ0n) is 16.3. The average Bonchev–Trinajstić information content (AvgIpc) is 2.68. The minimum atomic E-state index is -0.479. The molecule has 1 aliphatic heterocycles. The first-order valence-corrected chi connectivity index (χ1v) is 10.4. The van der Waals surface area contributed by atoms with Crippen LogP contribution in [0.3, 0.4) is 0 Å². The van der Waals surface area contributed by atoms with Gasteiger partial charge in [-0.25, -0.2) is 4.79 Å². The normalized spacial score (nSPS) is 16.7. The highest BCUT2D eigenvalue weighted by molar-refractivity contribution is 5.82. The quantitative estimate of drug-likeness (QED) is 0.322. The van der Waals surface area contributed by atoms with Crippen LogP contribution < -0.4 is 5.32 Å². The Labute approximate surface area is 159 Å². The fourth-order valence-electron chi connectivity index (χ4n) is 3.65. The van der Waals surface area contributed by atoms with Crippen LogP contribution in [0.5, 0.6) is 0 Å². The Balaban J connectivity index is 1.75. The zero-order chi connectivity index (χ0) is 18.5. The molecule has 0 unspecified atom stereocenters. The van der Waals surface area contributed by atoms with Gasteiger partial charge >= 0.3 is 5.97 Å². The van der Waals surface area contributed by atoms with Gasteiger partial charge in [0.15, 0.2) is 0 Å². The van der Waals surface area contributed by atoms with Gasteiger partial charge in [-0.3, -0.25) is 0 Å². The first-order chi connectivity index (χ1) is 12.8. The summed E-state index contributed by atoms with van der Waals surface area (Å²) in [5, 5.41) is 3.36. The van der Waals surface area contributed by atoms with E-state index in [2.05, 4.69) is 24.4 Å². The molecule has 0 amide bonds. The van der Waals surface area contributed by atoms with E-state index in [1.807, 2.05) is 24.3 Å². The number of allylic oxidation sites excluding steroid dienone is 1. The fraction of sp³-hybridized carbons (Fsp3) is 0.609. The molecule has 0 saturated carbocycles. The van der Waals surface area contributed by atoms with Crippen molar-refractivity contribution in [3.63, 3.8) is 0 Å². The SMILES string of the molecule is CCCCCCCCC/C=C/C(=O)OC1(c2ccccc2)CCNCC1. The molecule has 0 spiro atoms. The van der Waals surface area contributed by atoms with Crippen LogP contribution in [0.25, 0.3) is 0 Å². The van der Waals surface area contributed by atoms with Gasteiger partial charge in [0.05, 0.1) is 0 Å². The maximum absolute atomic E-state index is 12.4. The minimum absolute atomic E-state index is 0.210. The third-order valence-corrected chi connectivity index (χ3v) is 5.24. The third-order valence-electron chi connectivity index (χ3n) is 5.24. The number of piperidine rings is 1. The molecule has 0 bridgehead atoms. The molecule has 1 aliphatic rings. The van der Waals surface area contributed by atoms with Gasteiger partial charge in [-0.05, 0) is 31.5 Å². The molecular formula is C23H35NO2. The number of benzene rings is 1. The second-order valence-electron chi connectivity index (χ2n) is 7.34. The molecule has 144 valence electrons. The molecule has 1 heterocycles. The Morgan fingerprint density at radius 1 is 1.04 bits per heavy atom. The molecule has 1 saturated heterocycles. The van der Waals surface area contributed by atoms with E-state index in [9.17, 15) is 4.79 Å². The summed E-state index contributed by atoms with van der Waals surface area (Å²) in [4.78, 5) is 12.4. The number of hydrogen-bond acceptors (Lipinski definition) is 3. The molecule has 1 fully saturated rings. The van der Waals surface area contributed by atoms with E-state index in [4.69, 9.17) is 4.74 Å². The Kier molecular flexibility index (Phi) is 9.47. The second-order valence-corrected chi connectivity index (χ2v) is 7.34. The lowest BCUT2D eigenvalue weighted by molar-refractivity contribution is -0.158. The first-order valence-electron chi connectivity index (χ1n) is 10.4. The highest BCUT2D eigenvalue weighted by Crippen LogP contribution is 2.35. The molecule has 26 heavy (non-hydrogen) atoms. The van der Waals surface area contributed by atoms with Gasteiger partial charge in [0.1, 0.15) is 5.60 Å². The van der Waals surface area contributed by atoms with Crippen LogP contribution in [-0.2, 0) is 15.1 Å². The Morgan fingerprint density at radius 2 is 1.69 bits per heavy atom. The molecule has 1 N–H and O–H groups in total. The summed E-state index contributed by atoms with van der Waals surface area (Å²) in [7, 11) is 0. The smallest absolute Gasteiger partial charge is 0.331 e. The van der Waals surface area contributed by atoms with Crippen LogP contribution in [0.4, 0.5) is 0 Å². The van der Waals surface area contributed by atoms with Gasteiger partial charge in [-0.15, -0.1) is 0 Å². The van der Waals surface area contributed by atoms with E-state index in [0.717, 1.165) is 44.3 Å². The van der Waals surface area contributed by atoms with Crippen molar-refractivity contribution in [3.8, 4) is 0 Å². The minimum Gasteiger partial charge on any atom is -0.451 e. The van der Waals surface area contributed by atoms with Crippen molar-refractivity contribution in [2.45, 2.75) is 76.7 Å². The molecule has 0 radical (unpaired) electrons. The molecule has 3 nitrogen and oxygen atoms in total. The second kappa shape index (κ2) is 11.9. The van der Waals surface area contributed by atoms with Crippen LogP contribution in [0, 0.1) is 0 Å². The predicted molar refractivity (Wildman–Crippen MR) is 108 cm³/mol. The highest BCUT2D eigenvalue weighted by atomic mass is 16.6. The molecule has 2 rings (SSSR count). The molecular weight excluding hydrogens is 322 g/mol. The standard InChI is InChI=1S/C23H35NO2/c1-2-3-4-5-6-7-8-9-13-16-22(25)26-23(17-19-24-20-18-23)21-14-11-10-12-15-21/h10-16,24H,2-9,17-20H2,1H3/b16-13+. The van der Waals surface area contributed by atoms with E-state index in [1.165, 1.54) is 38.5 Å².